The molecule has 1 aromatic carbocycles. The molecule has 2 aliphatic heterocycles. The number of hydrazone groups is 1. The van der Waals surface area contributed by atoms with Gasteiger partial charge >= 0.3 is 6.03 Å². The summed E-state index contributed by atoms with van der Waals surface area (Å²) < 4.78 is 0. The van der Waals surface area contributed by atoms with Crippen LogP contribution in [0.1, 0.15) is 30.5 Å². The summed E-state index contributed by atoms with van der Waals surface area (Å²) in [5.74, 6) is 0.583. The minimum atomic E-state index is -0.0736. The van der Waals surface area contributed by atoms with Crippen LogP contribution < -0.4 is 4.90 Å². The highest BCUT2D eigenvalue weighted by atomic mass is 16.2. The largest absolute Gasteiger partial charge is 0.341 e. The van der Waals surface area contributed by atoms with Crippen molar-refractivity contribution in [1.82, 2.24) is 19.9 Å². The maximum Gasteiger partial charge on any atom is 0.341 e. The van der Waals surface area contributed by atoms with Crippen LogP contribution in [0.4, 0.5) is 10.7 Å². The Balaban J connectivity index is 1.44. The van der Waals surface area contributed by atoms with E-state index in [1.54, 1.807) is 11.2 Å². The van der Waals surface area contributed by atoms with Crippen molar-refractivity contribution in [2.75, 3.05) is 24.5 Å². The highest BCUT2D eigenvalue weighted by Gasteiger charge is 2.36. The van der Waals surface area contributed by atoms with E-state index in [1.807, 2.05) is 53.1 Å². The summed E-state index contributed by atoms with van der Waals surface area (Å²) in [4.78, 5) is 25.6. The molecule has 4 rings (SSSR count). The van der Waals surface area contributed by atoms with E-state index < -0.39 is 0 Å². The van der Waals surface area contributed by atoms with Crippen molar-refractivity contribution in [2.24, 2.45) is 5.10 Å². The van der Waals surface area contributed by atoms with E-state index in [0.29, 0.717) is 31.1 Å². The molecule has 8 heteroatoms. The van der Waals surface area contributed by atoms with Gasteiger partial charge in [-0.25, -0.2) is 19.8 Å². The standard InChI is InChI=1S/C20H21N7O/c1-15-14-25(19-22-12-16(11-21)13-23-19)9-10-26(15)20(28)27-18(7-8-24-27)17-5-3-2-4-6-17/h2-6,8,12-13,15,18H,7,9-10,14H2,1H3/t15-,18?/m0/s1. The van der Waals surface area contributed by atoms with Crippen molar-refractivity contribution in [2.45, 2.75) is 25.4 Å². The quantitative estimate of drug-likeness (QED) is 0.804. The number of aromatic nitrogens is 2. The molecule has 0 aliphatic carbocycles. The first-order valence-electron chi connectivity index (χ1n) is 9.31. The minimum absolute atomic E-state index is 0.00674. The monoisotopic (exact) mass is 375 g/mol. The van der Waals surface area contributed by atoms with Gasteiger partial charge in [0, 0.05) is 38.3 Å². The van der Waals surface area contributed by atoms with Crippen LogP contribution in [-0.2, 0) is 0 Å². The number of hydrogen-bond donors (Lipinski definition) is 0. The third-order valence-corrected chi connectivity index (χ3v) is 5.13. The fourth-order valence-electron chi connectivity index (χ4n) is 3.65. The zero-order chi connectivity index (χ0) is 19.5. The highest BCUT2D eigenvalue weighted by Crippen LogP contribution is 2.30. The van der Waals surface area contributed by atoms with Crippen LogP contribution >= 0.6 is 0 Å². The first-order chi connectivity index (χ1) is 13.7. The summed E-state index contributed by atoms with van der Waals surface area (Å²) in [6.07, 6.45) is 5.58. The Hall–Kier alpha value is -3.47. The molecule has 0 spiro atoms. The van der Waals surface area contributed by atoms with E-state index in [-0.39, 0.29) is 18.1 Å². The zero-order valence-corrected chi connectivity index (χ0v) is 15.6. The predicted molar refractivity (Wildman–Crippen MR) is 105 cm³/mol. The number of benzene rings is 1. The molecule has 2 aliphatic rings. The summed E-state index contributed by atoms with van der Waals surface area (Å²) in [5, 5.41) is 14.8. The Kier molecular flexibility index (Phi) is 4.89. The number of hydrogen-bond acceptors (Lipinski definition) is 6. The molecule has 0 saturated carbocycles. The molecule has 8 nitrogen and oxygen atoms in total. The van der Waals surface area contributed by atoms with Gasteiger partial charge in [-0.15, -0.1) is 0 Å². The summed E-state index contributed by atoms with van der Waals surface area (Å²) in [6.45, 7) is 3.85. The zero-order valence-electron chi connectivity index (χ0n) is 15.6. The third kappa shape index (κ3) is 3.39. The second-order valence-electron chi connectivity index (χ2n) is 6.96. The molecule has 28 heavy (non-hydrogen) atoms. The van der Waals surface area contributed by atoms with Gasteiger partial charge in [-0.3, -0.25) is 0 Å². The number of rotatable bonds is 2. The van der Waals surface area contributed by atoms with E-state index in [1.165, 1.54) is 12.4 Å². The molecule has 142 valence electrons. The van der Waals surface area contributed by atoms with Gasteiger partial charge in [0.05, 0.1) is 24.0 Å². The number of amides is 2. The summed E-state index contributed by atoms with van der Waals surface area (Å²) in [5.41, 5.74) is 1.52. The molecule has 0 bridgehead atoms. The molecule has 2 atom stereocenters. The van der Waals surface area contributed by atoms with E-state index in [4.69, 9.17) is 5.26 Å². The van der Waals surface area contributed by atoms with Crippen LogP contribution in [0.3, 0.4) is 0 Å². The number of nitriles is 1. The molecular weight excluding hydrogens is 354 g/mol. The van der Waals surface area contributed by atoms with Crippen molar-refractivity contribution >= 4 is 18.2 Å². The van der Waals surface area contributed by atoms with E-state index >= 15 is 0 Å². The van der Waals surface area contributed by atoms with E-state index in [2.05, 4.69) is 15.1 Å². The second kappa shape index (κ2) is 7.64. The summed E-state index contributed by atoms with van der Waals surface area (Å²) >= 11 is 0. The van der Waals surface area contributed by atoms with Gasteiger partial charge in [0.25, 0.3) is 0 Å². The molecule has 1 fully saturated rings. The molecule has 2 aromatic rings. The van der Waals surface area contributed by atoms with Crippen LogP contribution in [0.25, 0.3) is 0 Å². The lowest BCUT2D eigenvalue weighted by molar-refractivity contribution is 0.121. The van der Waals surface area contributed by atoms with Gasteiger partial charge in [0.1, 0.15) is 6.07 Å². The Morgan fingerprint density at radius 2 is 1.93 bits per heavy atom. The first kappa shape index (κ1) is 17.9. The van der Waals surface area contributed by atoms with Crippen molar-refractivity contribution in [1.29, 1.82) is 5.26 Å². The molecule has 0 N–H and O–H groups in total. The number of carbonyl (C=O) groups is 1. The Morgan fingerprint density at radius 1 is 1.18 bits per heavy atom. The number of piperazine rings is 1. The van der Waals surface area contributed by atoms with Crippen LogP contribution in [0.15, 0.2) is 47.8 Å². The van der Waals surface area contributed by atoms with Gasteiger partial charge in [-0.05, 0) is 12.5 Å². The van der Waals surface area contributed by atoms with Crippen LogP contribution in [0, 0.1) is 11.3 Å². The van der Waals surface area contributed by atoms with Crippen molar-refractivity contribution < 1.29 is 4.79 Å². The lowest BCUT2D eigenvalue weighted by Crippen LogP contribution is -2.57. The van der Waals surface area contributed by atoms with Gasteiger partial charge < -0.3 is 9.80 Å². The maximum atomic E-state index is 13.2. The molecule has 1 aromatic heterocycles. The van der Waals surface area contributed by atoms with Crippen LogP contribution in [-0.4, -0.2) is 57.8 Å². The second-order valence-corrected chi connectivity index (χ2v) is 6.96. The smallest absolute Gasteiger partial charge is 0.337 e. The molecular formula is C20H21N7O. The van der Waals surface area contributed by atoms with Crippen molar-refractivity contribution in [3.05, 3.63) is 53.9 Å². The number of carbonyl (C=O) groups excluding carboxylic acids is 1. The van der Waals surface area contributed by atoms with Gasteiger partial charge in [0.2, 0.25) is 5.95 Å². The topological polar surface area (TPSA) is 88.7 Å². The average Bonchev–Trinajstić information content (AvgIpc) is 3.24. The van der Waals surface area contributed by atoms with E-state index in [0.717, 1.165) is 12.0 Å². The fraction of sp³-hybridized carbons (Fsp3) is 0.350. The Bertz CT molecular complexity index is 906. The summed E-state index contributed by atoms with van der Waals surface area (Å²) in [6, 6.07) is 11.9. The van der Waals surface area contributed by atoms with Crippen LogP contribution in [0.5, 0.6) is 0 Å². The van der Waals surface area contributed by atoms with Crippen molar-refractivity contribution in [3.63, 3.8) is 0 Å². The predicted octanol–water partition coefficient (Wildman–Crippen LogP) is 2.41. The SMILES string of the molecule is C[C@H]1CN(c2ncc(C#N)cn2)CCN1C(=O)N1N=CCC1c1ccccc1. The Labute approximate surface area is 163 Å². The minimum Gasteiger partial charge on any atom is -0.337 e. The molecule has 1 saturated heterocycles. The molecule has 0 radical (unpaired) electrons. The molecule has 3 heterocycles. The fourth-order valence-corrected chi connectivity index (χ4v) is 3.65. The normalized spacial score (nSPS) is 21.6. The number of anilines is 1. The van der Waals surface area contributed by atoms with E-state index in [9.17, 15) is 4.79 Å². The maximum absolute atomic E-state index is 13.2. The van der Waals surface area contributed by atoms with Crippen molar-refractivity contribution in [3.8, 4) is 6.07 Å². The average molecular weight is 375 g/mol. The van der Waals surface area contributed by atoms with Gasteiger partial charge in [-0.1, -0.05) is 30.3 Å². The van der Waals surface area contributed by atoms with Gasteiger partial charge in [0.15, 0.2) is 0 Å². The van der Waals surface area contributed by atoms with Gasteiger partial charge in [-0.2, -0.15) is 10.4 Å². The lowest BCUT2D eigenvalue weighted by atomic mass is 10.0. The number of nitrogens with zero attached hydrogens (tertiary/aromatic N) is 7. The third-order valence-electron chi connectivity index (χ3n) is 5.13. The first-order valence-corrected chi connectivity index (χ1v) is 9.31. The summed E-state index contributed by atoms with van der Waals surface area (Å²) in [7, 11) is 0. The lowest BCUT2D eigenvalue weighted by Gasteiger charge is -2.41. The highest BCUT2D eigenvalue weighted by molar-refractivity contribution is 5.79. The molecule has 2 amide bonds. The number of urea groups is 1. The molecule has 1 unspecified atom stereocenters. The van der Waals surface area contributed by atoms with Crippen LogP contribution in [0.2, 0.25) is 0 Å². The Morgan fingerprint density at radius 3 is 2.61 bits per heavy atom.